The van der Waals surface area contributed by atoms with Gasteiger partial charge in [-0.15, -0.1) is 0 Å². The zero-order valence-corrected chi connectivity index (χ0v) is 24.4. The molecule has 0 aliphatic rings. The first-order valence-electron chi connectivity index (χ1n) is 29.4. The second-order valence-corrected chi connectivity index (χ2v) is 10.5. The second-order valence-electron chi connectivity index (χ2n) is 10.5. The lowest BCUT2D eigenvalue weighted by Crippen LogP contribution is -1.91. The van der Waals surface area contributed by atoms with Crippen molar-refractivity contribution in [2.24, 2.45) is 0 Å². The molecule has 0 N–H and O–H groups in total. The first kappa shape index (κ1) is 11.1. The average Bonchev–Trinajstić information content (AvgIpc) is 3.61. The Kier molecular flexibility index (Phi) is 2.50. The number of fused-ring (bicyclic) bond motifs is 6. The van der Waals surface area contributed by atoms with Crippen LogP contribution >= 0.6 is 0 Å². The smallest absolute Gasteiger partial charge is 0.143 e. The summed E-state index contributed by atoms with van der Waals surface area (Å²) in [6.07, 6.45) is 0. The molecule has 0 spiro atoms. The van der Waals surface area contributed by atoms with E-state index in [4.69, 9.17) is 30.5 Å². The number of hydrogen-bond acceptors (Lipinski definition) is 1. The molecule has 0 saturated carbocycles. The molecule has 0 radical (unpaired) electrons. The Labute approximate surface area is 326 Å². The third-order valence-electron chi connectivity index (χ3n) is 7.87. The second kappa shape index (κ2) is 11.1. The molecular weight excluding hydrogens is 593 g/mol. The SMILES string of the molecule is [2H]c1c([2H])c([2H])c(-c2c([2H])c([2H])c3c(-c4c5c([2H])c([2H])c([2H])c([2H])c5c(-c5c([2H])c([2H])c([2H])c([2H])c5[2H])c5c([2H])c([2H])c([2H])c([2H])c45)c(-c4c([2H])c([2H])c5c(c4[2H])c([2H])c([2H])c4c([2H])c([2H])c([2H])c([2H])c45)oc3c2[2H])c([2H])c1[2H]. The minimum Gasteiger partial charge on any atom is -0.455 e. The maximum Gasteiger partial charge on any atom is 0.143 e. The lowest BCUT2D eigenvalue weighted by molar-refractivity contribution is 0.633. The van der Waals surface area contributed by atoms with Crippen molar-refractivity contribution >= 4 is 54.1 Å². The summed E-state index contributed by atoms with van der Waals surface area (Å²) in [6, 6.07) is -29.4. The van der Waals surface area contributed by atoms with E-state index in [1.807, 2.05) is 0 Å². The molecule has 1 heterocycles. The van der Waals surface area contributed by atoms with Crippen molar-refractivity contribution in [1.82, 2.24) is 0 Å². The minimum absolute atomic E-state index is 0.554. The fourth-order valence-corrected chi connectivity index (χ4v) is 5.84. The fraction of sp³-hybridized carbons (Fsp3) is 0. The molecule has 10 aromatic rings. The predicted octanol–water partition coefficient (Wildman–Crippen LogP) is 13.7. The highest BCUT2D eigenvalue weighted by Crippen LogP contribution is 2.50. The summed E-state index contributed by atoms with van der Waals surface area (Å²) < 4.78 is 277. The van der Waals surface area contributed by atoms with Gasteiger partial charge in [-0.25, -0.2) is 0 Å². The summed E-state index contributed by atoms with van der Waals surface area (Å²) in [6.45, 7) is 0. The number of hydrogen-bond donors (Lipinski definition) is 0. The summed E-state index contributed by atoms with van der Waals surface area (Å²) in [5, 5.41) is -6.46. The van der Waals surface area contributed by atoms with Gasteiger partial charge in [0, 0.05) is 22.1 Å². The van der Waals surface area contributed by atoms with E-state index in [2.05, 4.69) is 0 Å². The molecule has 1 aromatic heterocycles. The number of benzene rings is 9. The van der Waals surface area contributed by atoms with Gasteiger partial charge in [-0.05, 0) is 83.5 Å². The van der Waals surface area contributed by atoms with Crippen LogP contribution in [0.5, 0.6) is 0 Å². The molecule has 1 heteroatoms. The molecule has 0 saturated heterocycles. The summed E-state index contributed by atoms with van der Waals surface area (Å²) in [7, 11) is 0. The van der Waals surface area contributed by atoms with E-state index < -0.39 is 280 Å². The van der Waals surface area contributed by atoms with Crippen molar-refractivity contribution in [2.45, 2.75) is 0 Å². The first-order chi connectivity index (χ1) is 36.8. The molecule has 0 amide bonds. The third kappa shape index (κ3) is 4.40. The van der Waals surface area contributed by atoms with Gasteiger partial charge in [-0.3, -0.25) is 0 Å². The van der Waals surface area contributed by atoms with Crippen LogP contribution in [0.25, 0.3) is 98.8 Å². The monoisotopic (exact) mass is 652 g/mol. The summed E-state index contributed by atoms with van der Waals surface area (Å²) in [5.74, 6) is -0.987. The first-order valence-corrected chi connectivity index (χ1v) is 14.4. The minimum atomic E-state index is -1.09. The lowest BCUT2D eigenvalue weighted by atomic mass is 9.84. The maximum absolute atomic E-state index is 9.85. The van der Waals surface area contributed by atoms with E-state index >= 15 is 0 Å². The third-order valence-corrected chi connectivity index (χ3v) is 7.87. The van der Waals surface area contributed by atoms with Crippen molar-refractivity contribution in [3.8, 4) is 44.7 Å². The fourth-order valence-electron chi connectivity index (χ4n) is 5.84. The van der Waals surface area contributed by atoms with Gasteiger partial charge in [0.1, 0.15) is 11.3 Å². The highest BCUT2D eigenvalue weighted by Gasteiger charge is 2.24. The largest absolute Gasteiger partial charge is 0.455 e. The van der Waals surface area contributed by atoms with Gasteiger partial charge in [0.2, 0.25) is 0 Å². The molecule has 0 aliphatic carbocycles. The molecule has 0 aliphatic heterocycles. The molecule has 0 unspecified atom stereocenters. The molecule has 0 bridgehead atoms. The lowest BCUT2D eigenvalue weighted by Gasteiger charge is -2.18. The molecule has 0 fully saturated rings. The van der Waals surface area contributed by atoms with Crippen LogP contribution in [0.4, 0.5) is 0 Å². The summed E-state index contributed by atoms with van der Waals surface area (Å²) in [4.78, 5) is 0. The van der Waals surface area contributed by atoms with Crippen molar-refractivity contribution in [3.05, 3.63) is 181 Å². The quantitative estimate of drug-likeness (QED) is 0.136. The van der Waals surface area contributed by atoms with Crippen LogP contribution in [0.1, 0.15) is 41.1 Å². The van der Waals surface area contributed by atoms with E-state index in [0.717, 1.165) is 0 Å². The van der Waals surface area contributed by atoms with Gasteiger partial charge in [0.15, 0.2) is 0 Å². The number of furan rings is 1. The van der Waals surface area contributed by atoms with Crippen LogP contribution in [0.3, 0.4) is 0 Å². The van der Waals surface area contributed by atoms with E-state index in [1.54, 1.807) is 0 Å². The molecule has 49 heavy (non-hydrogen) atoms. The topological polar surface area (TPSA) is 13.1 Å². The summed E-state index contributed by atoms with van der Waals surface area (Å²) in [5.41, 5.74) is -6.69. The molecule has 0 atom stereocenters. The van der Waals surface area contributed by atoms with E-state index in [-0.39, 0.29) is 0 Å². The Hall–Kier alpha value is -6.44. The Balaban J connectivity index is 1.58. The Morgan fingerprint density at radius 2 is 0.816 bits per heavy atom. The van der Waals surface area contributed by atoms with E-state index in [0.29, 0.717) is 0 Å². The van der Waals surface area contributed by atoms with Crippen molar-refractivity contribution < 1.29 is 45.5 Å². The zero-order valence-electron chi connectivity index (χ0n) is 54.4. The zero-order chi connectivity index (χ0) is 58.4. The van der Waals surface area contributed by atoms with Crippen LogP contribution in [0, 0.1) is 0 Å². The van der Waals surface area contributed by atoms with Crippen LogP contribution in [-0.4, -0.2) is 0 Å². The molecule has 9 aromatic carbocycles. The van der Waals surface area contributed by atoms with Gasteiger partial charge in [-0.1, -0.05) is 163 Å². The highest BCUT2D eigenvalue weighted by atomic mass is 16.3. The maximum atomic E-state index is 9.85. The Bertz CT molecular complexity index is 4460. The van der Waals surface area contributed by atoms with Crippen LogP contribution in [0.15, 0.2) is 186 Å². The van der Waals surface area contributed by atoms with Gasteiger partial charge in [-0.2, -0.15) is 0 Å². The van der Waals surface area contributed by atoms with E-state index in [1.165, 1.54) is 0 Å². The van der Waals surface area contributed by atoms with Crippen molar-refractivity contribution in [2.75, 3.05) is 0 Å². The van der Waals surface area contributed by atoms with Crippen LogP contribution in [0.2, 0.25) is 0 Å². The summed E-state index contributed by atoms with van der Waals surface area (Å²) >= 11 is 0. The predicted molar refractivity (Wildman–Crippen MR) is 208 cm³/mol. The van der Waals surface area contributed by atoms with Gasteiger partial charge in [0.05, 0.1) is 41.1 Å². The standard InChI is InChI=1S/C48H30O/c1-3-13-31(14-4-1)34-25-28-43-44(30-34)49-48(36-26-27-38-35(29-36)24-23-32-15-7-8-18-37(32)38)47(43)46-41-21-11-9-19-39(41)45(33-16-5-2-6-17-33)40-20-10-12-22-42(40)46/h1-30H/i1D,2D,3D,4D,5D,6D,7D,8D,9D,10D,11D,12D,13D,14D,15D,16D,17D,18D,19D,20D,21D,22D,23D,24D,25D,26D,27D,28D,29D,30D. The molecule has 10 rings (SSSR count). The Morgan fingerprint density at radius 3 is 1.51 bits per heavy atom. The Morgan fingerprint density at radius 1 is 0.306 bits per heavy atom. The molecule has 228 valence electrons. The van der Waals surface area contributed by atoms with Crippen LogP contribution < -0.4 is 0 Å². The van der Waals surface area contributed by atoms with Gasteiger partial charge >= 0.3 is 0 Å². The molecular formula is C48H30O. The normalized spacial score (nSPS) is 20.2. The van der Waals surface area contributed by atoms with Crippen molar-refractivity contribution in [1.29, 1.82) is 0 Å². The van der Waals surface area contributed by atoms with Crippen molar-refractivity contribution in [3.63, 3.8) is 0 Å². The molecule has 1 nitrogen and oxygen atoms in total. The van der Waals surface area contributed by atoms with Crippen LogP contribution in [-0.2, 0) is 0 Å². The van der Waals surface area contributed by atoms with Gasteiger partial charge in [0.25, 0.3) is 0 Å². The van der Waals surface area contributed by atoms with Gasteiger partial charge < -0.3 is 4.42 Å². The highest BCUT2D eigenvalue weighted by molar-refractivity contribution is 6.25. The van der Waals surface area contributed by atoms with E-state index in [9.17, 15) is 15.1 Å². The average molecular weight is 653 g/mol. The number of rotatable bonds is 4.